The Morgan fingerprint density at radius 2 is 1.13 bits per heavy atom. The third-order valence-corrected chi connectivity index (χ3v) is 1.34. The minimum atomic E-state index is -1.18. The van der Waals surface area contributed by atoms with Crippen molar-refractivity contribution in [2.24, 2.45) is 0 Å². The number of carboxylic acid groups (broad SMARTS) is 2. The second-order valence-electron chi connectivity index (χ2n) is 2.52. The van der Waals surface area contributed by atoms with E-state index in [1.54, 1.807) is 13.8 Å². The average Bonchev–Trinajstić information content (AvgIpc) is 2.15. The molecule has 0 fully saturated rings. The molecule has 0 spiro atoms. The van der Waals surface area contributed by atoms with Crippen molar-refractivity contribution in [3.63, 3.8) is 0 Å². The third-order valence-electron chi connectivity index (χ3n) is 1.34. The zero-order valence-corrected chi connectivity index (χ0v) is 13.3. The van der Waals surface area contributed by atoms with Gasteiger partial charge in [0.1, 0.15) is 0 Å². The van der Waals surface area contributed by atoms with E-state index in [1.165, 1.54) is 0 Å². The summed E-state index contributed by atoms with van der Waals surface area (Å²) >= 11 is 0. The van der Waals surface area contributed by atoms with Crippen molar-refractivity contribution in [3.05, 3.63) is 0 Å². The van der Waals surface area contributed by atoms with E-state index < -0.39 is 24.1 Å². The SMILES string of the molecule is CCC(O)C(=O)O.CCC(O)C(=O)O.[Ba]. The molecular weight excluding hydrogens is 329 g/mol. The summed E-state index contributed by atoms with van der Waals surface area (Å²) in [5, 5.41) is 32.5. The summed E-state index contributed by atoms with van der Waals surface area (Å²) in [6, 6.07) is 0. The minimum absolute atomic E-state index is 0. The van der Waals surface area contributed by atoms with Crippen LogP contribution in [0.1, 0.15) is 26.7 Å². The molecule has 0 aromatic rings. The molecule has 0 aromatic heterocycles. The number of hydrogen-bond donors (Lipinski definition) is 4. The average molecular weight is 346 g/mol. The van der Waals surface area contributed by atoms with Crippen LogP contribution in [0, 0.1) is 0 Å². The second-order valence-corrected chi connectivity index (χ2v) is 2.52. The number of hydrogen-bond acceptors (Lipinski definition) is 4. The number of aliphatic hydroxyl groups excluding tert-OH is 2. The maximum Gasteiger partial charge on any atom is 0.332 e. The molecule has 2 radical (unpaired) electrons. The van der Waals surface area contributed by atoms with Crippen LogP contribution in [0.2, 0.25) is 0 Å². The van der Waals surface area contributed by atoms with Crippen LogP contribution in [0.5, 0.6) is 0 Å². The maximum absolute atomic E-state index is 9.68. The van der Waals surface area contributed by atoms with Crippen LogP contribution in [0.25, 0.3) is 0 Å². The Morgan fingerprint density at radius 3 is 1.13 bits per heavy atom. The van der Waals surface area contributed by atoms with Gasteiger partial charge in [-0.25, -0.2) is 9.59 Å². The van der Waals surface area contributed by atoms with Crippen LogP contribution in [0.3, 0.4) is 0 Å². The van der Waals surface area contributed by atoms with Gasteiger partial charge < -0.3 is 20.4 Å². The van der Waals surface area contributed by atoms with Crippen molar-refractivity contribution in [1.82, 2.24) is 0 Å². The molecule has 2 atom stereocenters. The smallest absolute Gasteiger partial charge is 0.332 e. The summed E-state index contributed by atoms with van der Waals surface area (Å²) in [6.07, 6.45) is -1.81. The van der Waals surface area contributed by atoms with Gasteiger partial charge in [-0.3, -0.25) is 0 Å². The Bertz CT molecular complexity index is 164. The second kappa shape index (κ2) is 12.5. The predicted octanol–water partition coefficient (Wildman–Crippen LogP) is -0.697. The van der Waals surface area contributed by atoms with Gasteiger partial charge in [0.05, 0.1) is 0 Å². The number of rotatable bonds is 4. The van der Waals surface area contributed by atoms with Gasteiger partial charge in [-0.15, -0.1) is 0 Å². The minimum Gasteiger partial charge on any atom is -0.479 e. The molecule has 4 N–H and O–H groups in total. The Morgan fingerprint density at radius 1 is 0.933 bits per heavy atom. The van der Waals surface area contributed by atoms with E-state index in [9.17, 15) is 9.59 Å². The molecule has 0 aromatic carbocycles. The van der Waals surface area contributed by atoms with Crippen LogP contribution in [-0.2, 0) is 9.59 Å². The molecule has 0 rings (SSSR count). The Labute approximate surface area is 128 Å². The van der Waals surface area contributed by atoms with E-state index in [0.29, 0.717) is 0 Å². The first-order chi connectivity index (χ1) is 6.36. The van der Waals surface area contributed by atoms with Crippen molar-refractivity contribution in [3.8, 4) is 0 Å². The molecule has 15 heavy (non-hydrogen) atoms. The monoisotopic (exact) mass is 346 g/mol. The van der Waals surface area contributed by atoms with Crippen molar-refractivity contribution >= 4 is 60.8 Å². The van der Waals surface area contributed by atoms with Crippen LogP contribution in [0.15, 0.2) is 0 Å². The molecule has 0 aliphatic heterocycles. The van der Waals surface area contributed by atoms with Gasteiger partial charge in [0, 0.05) is 48.9 Å². The molecule has 2 unspecified atom stereocenters. The molecule has 0 bridgehead atoms. The summed E-state index contributed by atoms with van der Waals surface area (Å²) in [6.45, 7) is 3.22. The van der Waals surface area contributed by atoms with Gasteiger partial charge in [0.2, 0.25) is 0 Å². The molecule has 0 saturated carbocycles. The molecule has 0 amide bonds. The van der Waals surface area contributed by atoms with Crippen molar-refractivity contribution in [2.45, 2.75) is 38.9 Å². The maximum atomic E-state index is 9.68. The fourth-order valence-corrected chi connectivity index (χ4v) is 0.349. The molecule has 0 aliphatic rings. The summed E-state index contributed by atoms with van der Waals surface area (Å²) < 4.78 is 0. The first-order valence-electron chi connectivity index (χ1n) is 4.18. The first-order valence-corrected chi connectivity index (χ1v) is 4.18. The number of carboxylic acids is 2. The van der Waals surface area contributed by atoms with E-state index in [0.717, 1.165) is 0 Å². The number of aliphatic hydroxyl groups is 2. The standard InChI is InChI=1S/2C4H8O3.Ba/c2*1-2-3(5)4(6)7;/h2*3,5H,2H2,1H3,(H,6,7);. The van der Waals surface area contributed by atoms with Crippen molar-refractivity contribution < 1.29 is 30.0 Å². The quantitative estimate of drug-likeness (QED) is 0.501. The summed E-state index contributed by atoms with van der Waals surface area (Å²) in [7, 11) is 0. The van der Waals surface area contributed by atoms with E-state index in [1.807, 2.05) is 0 Å². The van der Waals surface area contributed by atoms with E-state index in [2.05, 4.69) is 0 Å². The van der Waals surface area contributed by atoms with Gasteiger partial charge in [0.15, 0.2) is 12.2 Å². The zero-order valence-electron chi connectivity index (χ0n) is 8.88. The molecule has 0 aliphatic carbocycles. The largest absolute Gasteiger partial charge is 0.479 e. The molecule has 86 valence electrons. The van der Waals surface area contributed by atoms with Crippen molar-refractivity contribution in [1.29, 1.82) is 0 Å². The summed E-state index contributed by atoms with van der Waals surface area (Å²) in [4.78, 5) is 19.4. The van der Waals surface area contributed by atoms with Crippen LogP contribution in [0.4, 0.5) is 0 Å². The van der Waals surface area contributed by atoms with E-state index >= 15 is 0 Å². The fourth-order valence-electron chi connectivity index (χ4n) is 0.349. The molecular formula is C8H16BaO6. The van der Waals surface area contributed by atoms with Gasteiger partial charge in [-0.2, -0.15) is 0 Å². The van der Waals surface area contributed by atoms with Crippen LogP contribution in [-0.4, -0.2) is 93.5 Å². The van der Waals surface area contributed by atoms with Crippen molar-refractivity contribution in [2.75, 3.05) is 0 Å². The Hall–Kier alpha value is 0.431. The zero-order chi connectivity index (χ0) is 11.7. The normalized spacial score (nSPS) is 12.5. The first kappa shape index (κ1) is 20.8. The molecule has 0 saturated heterocycles. The predicted molar refractivity (Wildman–Crippen MR) is 53.6 cm³/mol. The number of aliphatic carboxylic acids is 2. The van der Waals surface area contributed by atoms with E-state index in [4.69, 9.17) is 20.4 Å². The van der Waals surface area contributed by atoms with Crippen LogP contribution >= 0.6 is 0 Å². The summed E-state index contributed by atoms with van der Waals surface area (Å²) in [5.41, 5.74) is 0. The van der Waals surface area contributed by atoms with Gasteiger partial charge in [-0.05, 0) is 12.8 Å². The summed E-state index contributed by atoms with van der Waals surface area (Å²) in [5.74, 6) is -2.30. The Balaban J connectivity index is -0.000000180. The van der Waals surface area contributed by atoms with Gasteiger partial charge in [0.25, 0.3) is 0 Å². The Kier molecular flexibility index (Phi) is 17.3. The molecule has 0 heterocycles. The molecule has 7 heteroatoms. The van der Waals surface area contributed by atoms with Crippen LogP contribution < -0.4 is 0 Å². The third kappa shape index (κ3) is 14.4. The number of carbonyl (C=O) groups is 2. The van der Waals surface area contributed by atoms with E-state index in [-0.39, 0.29) is 61.7 Å². The van der Waals surface area contributed by atoms with Gasteiger partial charge >= 0.3 is 11.9 Å². The fraction of sp³-hybridized carbons (Fsp3) is 0.750. The molecule has 6 nitrogen and oxygen atoms in total. The topological polar surface area (TPSA) is 115 Å². The van der Waals surface area contributed by atoms with Gasteiger partial charge in [-0.1, -0.05) is 13.8 Å².